The maximum absolute atomic E-state index is 11.6. The highest BCUT2D eigenvalue weighted by Gasteiger charge is 2.22. The van der Waals surface area contributed by atoms with E-state index in [0.717, 1.165) is 4.57 Å². The standard InChI is InChI=1S/C10H9N5O5/c11-10-13-7-4(8(19)14-10)12-2-15(7)9-6(18)5(17)3(1-16)20-9/h2,16-18H,1H2,(H3,11,13,14,19). The molecule has 0 bridgehead atoms. The van der Waals surface area contributed by atoms with Gasteiger partial charge in [0.05, 0.1) is 0 Å². The molecule has 0 saturated carbocycles. The first-order valence-corrected chi connectivity index (χ1v) is 5.40. The van der Waals surface area contributed by atoms with Crippen molar-refractivity contribution < 1.29 is 19.7 Å². The summed E-state index contributed by atoms with van der Waals surface area (Å²) in [4.78, 5) is 21.6. The number of H-pyrrole nitrogens is 1. The van der Waals surface area contributed by atoms with Crippen molar-refractivity contribution in [2.45, 2.75) is 6.61 Å². The third-order valence-corrected chi connectivity index (χ3v) is 2.70. The molecule has 10 heteroatoms. The fourth-order valence-corrected chi connectivity index (χ4v) is 1.79. The van der Waals surface area contributed by atoms with Gasteiger partial charge in [-0.05, 0) is 0 Å². The van der Waals surface area contributed by atoms with Crippen molar-refractivity contribution in [3.05, 3.63) is 22.4 Å². The minimum atomic E-state index is -0.609. The largest absolute Gasteiger partial charge is 0.502 e. The van der Waals surface area contributed by atoms with Crippen LogP contribution in [0.4, 0.5) is 5.95 Å². The number of hydrogen-bond donors (Lipinski definition) is 5. The van der Waals surface area contributed by atoms with Crippen LogP contribution in [0.2, 0.25) is 0 Å². The third kappa shape index (κ3) is 1.52. The molecule has 0 amide bonds. The van der Waals surface area contributed by atoms with Crippen LogP contribution in [0.3, 0.4) is 0 Å². The second-order valence-corrected chi connectivity index (χ2v) is 3.92. The van der Waals surface area contributed by atoms with Gasteiger partial charge in [-0.2, -0.15) is 4.98 Å². The van der Waals surface area contributed by atoms with Crippen LogP contribution in [-0.4, -0.2) is 34.8 Å². The second-order valence-electron chi connectivity index (χ2n) is 3.92. The monoisotopic (exact) mass is 279 g/mol. The number of aromatic nitrogens is 4. The number of anilines is 1. The third-order valence-electron chi connectivity index (χ3n) is 2.70. The van der Waals surface area contributed by atoms with Crippen LogP contribution < -0.4 is 11.3 Å². The smallest absolute Gasteiger partial charge is 0.280 e. The summed E-state index contributed by atoms with van der Waals surface area (Å²) >= 11 is 0. The minimum absolute atomic E-state index is 0.0139. The van der Waals surface area contributed by atoms with E-state index in [1.165, 1.54) is 6.33 Å². The summed E-state index contributed by atoms with van der Waals surface area (Å²) in [5.41, 5.74) is 4.92. The summed E-state index contributed by atoms with van der Waals surface area (Å²) in [7, 11) is 0. The van der Waals surface area contributed by atoms with Crippen LogP contribution in [0.15, 0.2) is 15.5 Å². The average Bonchev–Trinajstić information content (AvgIpc) is 2.93. The number of imidazole rings is 1. The number of fused-ring (bicyclic) bond motifs is 1. The highest BCUT2D eigenvalue weighted by Crippen LogP contribution is 2.38. The van der Waals surface area contributed by atoms with E-state index < -0.39 is 23.7 Å². The molecule has 3 aromatic heterocycles. The zero-order valence-corrected chi connectivity index (χ0v) is 9.86. The number of nitrogens with zero attached hydrogens (tertiary/aromatic N) is 3. The van der Waals surface area contributed by atoms with Gasteiger partial charge in [0.1, 0.15) is 12.9 Å². The molecule has 3 rings (SSSR count). The van der Waals surface area contributed by atoms with Gasteiger partial charge >= 0.3 is 0 Å². The van der Waals surface area contributed by atoms with Crippen LogP contribution in [0.5, 0.6) is 11.5 Å². The molecule has 6 N–H and O–H groups in total. The maximum Gasteiger partial charge on any atom is 0.280 e. The molecule has 0 aliphatic heterocycles. The Bertz CT molecular complexity index is 861. The van der Waals surface area contributed by atoms with Gasteiger partial charge in [-0.1, -0.05) is 0 Å². The van der Waals surface area contributed by atoms with Gasteiger partial charge in [-0.25, -0.2) is 9.55 Å². The van der Waals surface area contributed by atoms with Gasteiger partial charge < -0.3 is 25.5 Å². The van der Waals surface area contributed by atoms with E-state index >= 15 is 0 Å². The average molecular weight is 279 g/mol. The van der Waals surface area contributed by atoms with Crippen LogP contribution in [0.25, 0.3) is 17.0 Å². The van der Waals surface area contributed by atoms with Crippen LogP contribution >= 0.6 is 0 Å². The predicted octanol–water partition coefficient (Wildman–Crippen LogP) is -0.813. The molecule has 0 unspecified atom stereocenters. The van der Waals surface area contributed by atoms with Crippen LogP contribution in [-0.2, 0) is 6.61 Å². The van der Waals surface area contributed by atoms with Gasteiger partial charge in [0.25, 0.3) is 11.4 Å². The summed E-state index contributed by atoms with van der Waals surface area (Å²) < 4.78 is 6.24. The van der Waals surface area contributed by atoms with Crippen molar-refractivity contribution >= 4 is 17.1 Å². The Morgan fingerprint density at radius 2 is 2.15 bits per heavy atom. The Morgan fingerprint density at radius 3 is 2.80 bits per heavy atom. The zero-order chi connectivity index (χ0) is 14.4. The molecule has 0 spiro atoms. The fraction of sp³-hybridized carbons (Fsp3) is 0.100. The lowest BCUT2D eigenvalue weighted by atomic mass is 10.4. The van der Waals surface area contributed by atoms with Gasteiger partial charge in [0.15, 0.2) is 16.9 Å². The van der Waals surface area contributed by atoms with Crippen molar-refractivity contribution in [2.24, 2.45) is 0 Å². The predicted molar refractivity (Wildman–Crippen MR) is 65.4 cm³/mol. The van der Waals surface area contributed by atoms with Crippen molar-refractivity contribution in [1.29, 1.82) is 0 Å². The maximum atomic E-state index is 11.6. The number of aromatic hydroxyl groups is 2. The number of aliphatic hydroxyl groups is 1. The minimum Gasteiger partial charge on any atom is -0.502 e. The summed E-state index contributed by atoms with van der Waals surface area (Å²) in [6.45, 7) is -0.609. The van der Waals surface area contributed by atoms with Crippen LogP contribution in [0, 0.1) is 0 Å². The van der Waals surface area contributed by atoms with Crippen molar-refractivity contribution in [3.8, 4) is 17.4 Å². The van der Waals surface area contributed by atoms with Gasteiger partial charge in [-0.15, -0.1) is 0 Å². The SMILES string of the molecule is Nc1nc2c(ncn2-c2oc(CO)c(O)c2O)c(=O)[nH]1. The highest BCUT2D eigenvalue weighted by atomic mass is 16.4. The number of nitrogens with two attached hydrogens (primary N) is 1. The molecule has 0 atom stereocenters. The molecular weight excluding hydrogens is 270 g/mol. The lowest BCUT2D eigenvalue weighted by molar-refractivity contribution is 0.239. The molecule has 0 radical (unpaired) electrons. The molecule has 3 aromatic rings. The molecule has 0 aliphatic rings. The molecule has 3 heterocycles. The van der Waals surface area contributed by atoms with Crippen LogP contribution in [0.1, 0.15) is 5.76 Å². The van der Waals surface area contributed by atoms with Gasteiger partial charge in [0.2, 0.25) is 17.4 Å². The first-order valence-electron chi connectivity index (χ1n) is 5.40. The zero-order valence-electron chi connectivity index (χ0n) is 9.86. The van der Waals surface area contributed by atoms with E-state index in [2.05, 4.69) is 15.0 Å². The lowest BCUT2D eigenvalue weighted by Crippen LogP contribution is -2.11. The lowest BCUT2D eigenvalue weighted by Gasteiger charge is -1.99. The Labute approximate surface area is 109 Å². The summed E-state index contributed by atoms with van der Waals surface area (Å²) in [5.74, 6) is -1.79. The molecule has 20 heavy (non-hydrogen) atoms. The van der Waals surface area contributed by atoms with E-state index in [-0.39, 0.29) is 28.8 Å². The van der Waals surface area contributed by atoms with E-state index in [1.54, 1.807) is 0 Å². The number of aliphatic hydroxyl groups excluding tert-OH is 1. The molecular formula is C10H9N5O5. The van der Waals surface area contributed by atoms with E-state index in [9.17, 15) is 15.0 Å². The Morgan fingerprint density at radius 1 is 1.40 bits per heavy atom. The first-order chi connectivity index (χ1) is 9.52. The van der Waals surface area contributed by atoms with E-state index in [4.69, 9.17) is 15.3 Å². The molecule has 104 valence electrons. The molecule has 0 aromatic carbocycles. The molecule has 0 fully saturated rings. The first kappa shape index (κ1) is 12.0. The number of rotatable bonds is 2. The topological polar surface area (TPSA) is 163 Å². The Balaban J connectivity index is 2.33. The molecule has 10 nitrogen and oxygen atoms in total. The summed E-state index contributed by atoms with van der Waals surface area (Å²) in [6, 6.07) is 0. The number of aromatic amines is 1. The second kappa shape index (κ2) is 3.99. The van der Waals surface area contributed by atoms with Gasteiger partial charge in [0, 0.05) is 0 Å². The normalized spacial score (nSPS) is 11.2. The van der Waals surface area contributed by atoms with E-state index in [1.807, 2.05) is 0 Å². The summed E-state index contributed by atoms with van der Waals surface area (Å²) in [5, 5.41) is 28.3. The molecule has 0 aliphatic carbocycles. The highest BCUT2D eigenvalue weighted by molar-refractivity contribution is 5.73. The number of nitrogen functional groups attached to an aromatic ring is 1. The van der Waals surface area contributed by atoms with Gasteiger partial charge in [-0.3, -0.25) is 9.78 Å². The quantitative estimate of drug-likeness (QED) is 0.406. The van der Waals surface area contributed by atoms with E-state index in [0.29, 0.717) is 0 Å². The number of hydrogen-bond acceptors (Lipinski definition) is 8. The Hall–Kier alpha value is -3.01. The van der Waals surface area contributed by atoms with Crippen molar-refractivity contribution in [1.82, 2.24) is 19.5 Å². The summed E-state index contributed by atoms with van der Waals surface area (Å²) in [6.07, 6.45) is 1.17. The molecule has 0 saturated heterocycles. The number of furan rings is 1. The number of nitrogens with one attached hydrogen (secondary N) is 1. The Kier molecular flexibility index (Phi) is 2.41. The van der Waals surface area contributed by atoms with Crippen molar-refractivity contribution in [2.75, 3.05) is 5.73 Å². The van der Waals surface area contributed by atoms with Crippen molar-refractivity contribution in [3.63, 3.8) is 0 Å². The fourth-order valence-electron chi connectivity index (χ4n) is 1.79.